The first-order valence-electron chi connectivity index (χ1n) is 7.06. The maximum absolute atomic E-state index is 12.4. The highest BCUT2D eigenvalue weighted by Gasteiger charge is 2.36. The minimum Gasteiger partial charge on any atom is -0.334 e. The molecule has 1 heterocycles. The van der Waals surface area contributed by atoms with Gasteiger partial charge in [0.1, 0.15) is 0 Å². The molecule has 2 amide bonds. The molecule has 1 aliphatic rings. The SMILES string of the molecule is C#CC[C@H](CC)NC(=O)N1CCN(CC(F)(F)F)[C@H](C)C1. The van der Waals surface area contributed by atoms with Crippen LogP contribution in [0.3, 0.4) is 0 Å². The molecule has 1 rings (SSSR count). The Kier molecular flexibility index (Phi) is 6.34. The van der Waals surface area contributed by atoms with E-state index < -0.39 is 12.7 Å². The monoisotopic (exact) mass is 305 g/mol. The molecule has 0 saturated carbocycles. The zero-order valence-electron chi connectivity index (χ0n) is 12.4. The van der Waals surface area contributed by atoms with E-state index in [1.54, 1.807) is 11.8 Å². The molecule has 0 bridgehead atoms. The van der Waals surface area contributed by atoms with Crippen molar-refractivity contribution in [2.45, 2.75) is 44.9 Å². The van der Waals surface area contributed by atoms with E-state index in [1.807, 2.05) is 6.92 Å². The van der Waals surface area contributed by atoms with E-state index in [4.69, 9.17) is 6.42 Å². The molecule has 1 fully saturated rings. The number of halogens is 3. The number of alkyl halides is 3. The van der Waals surface area contributed by atoms with Crippen molar-refractivity contribution < 1.29 is 18.0 Å². The Morgan fingerprint density at radius 1 is 1.48 bits per heavy atom. The van der Waals surface area contributed by atoms with Gasteiger partial charge < -0.3 is 10.2 Å². The third-order valence-corrected chi connectivity index (χ3v) is 3.62. The lowest BCUT2D eigenvalue weighted by atomic mass is 10.1. The summed E-state index contributed by atoms with van der Waals surface area (Å²) in [6, 6.07) is -0.666. The average molecular weight is 305 g/mol. The van der Waals surface area contributed by atoms with Gasteiger partial charge in [-0.25, -0.2) is 4.79 Å². The lowest BCUT2D eigenvalue weighted by molar-refractivity contribution is -0.153. The van der Waals surface area contributed by atoms with Crippen molar-refractivity contribution >= 4 is 6.03 Å². The molecule has 21 heavy (non-hydrogen) atoms. The van der Waals surface area contributed by atoms with Gasteiger partial charge in [-0.3, -0.25) is 4.90 Å². The Hall–Kier alpha value is -1.42. The van der Waals surface area contributed by atoms with Gasteiger partial charge in [-0.1, -0.05) is 6.92 Å². The Morgan fingerprint density at radius 2 is 2.14 bits per heavy atom. The number of nitrogens with one attached hydrogen (secondary N) is 1. The van der Waals surface area contributed by atoms with Gasteiger partial charge in [-0.15, -0.1) is 12.3 Å². The van der Waals surface area contributed by atoms with Crippen LogP contribution >= 0.6 is 0 Å². The Morgan fingerprint density at radius 3 is 2.62 bits per heavy atom. The first-order valence-corrected chi connectivity index (χ1v) is 7.06. The molecule has 0 aromatic carbocycles. The molecule has 0 radical (unpaired) electrons. The maximum atomic E-state index is 12.4. The van der Waals surface area contributed by atoms with Gasteiger partial charge in [0, 0.05) is 38.1 Å². The van der Waals surface area contributed by atoms with E-state index in [0.29, 0.717) is 13.0 Å². The normalized spacial score (nSPS) is 21.7. The molecule has 7 heteroatoms. The van der Waals surface area contributed by atoms with Crippen LogP contribution in [0.5, 0.6) is 0 Å². The predicted octanol–water partition coefficient (Wildman–Crippen LogP) is 2.07. The summed E-state index contributed by atoms with van der Waals surface area (Å²) in [5.74, 6) is 2.50. The average Bonchev–Trinajstić information content (AvgIpc) is 2.39. The van der Waals surface area contributed by atoms with Gasteiger partial charge in [0.15, 0.2) is 0 Å². The fraction of sp³-hybridized carbons (Fsp3) is 0.786. The van der Waals surface area contributed by atoms with Crippen LogP contribution in [0.25, 0.3) is 0 Å². The van der Waals surface area contributed by atoms with E-state index in [9.17, 15) is 18.0 Å². The molecule has 1 aliphatic heterocycles. The molecule has 4 nitrogen and oxygen atoms in total. The van der Waals surface area contributed by atoms with Crippen molar-refractivity contribution in [2.75, 3.05) is 26.2 Å². The van der Waals surface area contributed by atoms with E-state index in [0.717, 1.165) is 6.42 Å². The maximum Gasteiger partial charge on any atom is 0.401 e. The number of terminal acetylenes is 1. The summed E-state index contributed by atoms with van der Waals surface area (Å²) >= 11 is 0. The minimum atomic E-state index is -4.21. The van der Waals surface area contributed by atoms with Crippen LogP contribution in [-0.2, 0) is 0 Å². The van der Waals surface area contributed by atoms with Crippen LogP contribution in [0, 0.1) is 12.3 Å². The second kappa shape index (κ2) is 7.55. The predicted molar refractivity (Wildman–Crippen MR) is 74.7 cm³/mol. The zero-order chi connectivity index (χ0) is 16.0. The van der Waals surface area contributed by atoms with Crippen molar-refractivity contribution in [3.63, 3.8) is 0 Å². The Balaban J connectivity index is 2.50. The lowest BCUT2D eigenvalue weighted by Crippen LogP contribution is -2.58. The third-order valence-electron chi connectivity index (χ3n) is 3.62. The minimum absolute atomic E-state index is 0.0917. The van der Waals surface area contributed by atoms with Crippen molar-refractivity contribution in [2.24, 2.45) is 0 Å². The Labute approximate surface area is 123 Å². The number of hydrogen-bond acceptors (Lipinski definition) is 2. The molecule has 0 aliphatic carbocycles. The van der Waals surface area contributed by atoms with Gasteiger partial charge >= 0.3 is 12.2 Å². The number of rotatable bonds is 4. The molecule has 0 aromatic rings. The van der Waals surface area contributed by atoms with Gasteiger partial charge in [0.05, 0.1) is 6.54 Å². The summed E-state index contributed by atoms with van der Waals surface area (Å²) in [7, 11) is 0. The van der Waals surface area contributed by atoms with Gasteiger partial charge in [0.25, 0.3) is 0 Å². The number of hydrogen-bond donors (Lipinski definition) is 1. The standard InChI is InChI=1S/C14H22F3N3O/c1-4-6-12(5-2)18-13(21)19-7-8-20(11(3)9-19)10-14(15,16)17/h1,11-12H,5-10H2,2-3H3,(H,18,21)/t11-,12+/m1/s1. The largest absolute Gasteiger partial charge is 0.401 e. The summed E-state index contributed by atoms with van der Waals surface area (Å²) in [4.78, 5) is 15.0. The van der Waals surface area contributed by atoms with Crippen LogP contribution < -0.4 is 5.32 Å². The van der Waals surface area contributed by atoms with Crippen LogP contribution in [-0.4, -0.2) is 60.3 Å². The summed E-state index contributed by atoms with van der Waals surface area (Å²) in [5, 5.41) is 2.82. The number of nitrogens with zero attached hydrogens (tertiary/aromatic N) is 2. The number of piperazine rings is 1. The molecular weight excluding hydrogens is 283 g/mol. The van der Waals surface area contributed by atoms with Gasteiger partial charge in [0.2, 0.25) is 0 Å². The van der Waals surface area contributed by atoms with Crippen LogP contribution in [0.2, 0.25) is 0 Å². The van der Waals surface area contributed by atoms with Crippen LogP contribution in [0.1, 0.15) is 26.7 Å². The summed E-state index contributed by atoms with van der Waals surface area (Å²) < 4.78 is 37.3. The quantitative estimate of drug-likeness (QED) is 0.807. The molecule has 1 saturated heterocycles. The van der Waals surface area contributed by atoms with Crippen LogP contribution in [0.15, 0.2) is 0 Å². The summed E-state index contributed by atoms with van der Waals surface area (Å²) in [5.41, 5.74) is 0. The Bertz CT molecular complexity index is 392. The highest BCUT2D eigenvalue weighted by Crippen LogP contribution is 2.20. The molecular formula is C14H22F3N3O. The summed E-state index contributed by atoms with van der Waals surface area (Å²) in [6.45, 7) is 3.49. The first kappa shape index (κ1) is 17.6. The van der Waals surface area contributed by atoms with E-state index in [2.05, 4.69) is 11.2 Å². The van der Waals surface area contributed by atoms with Crippen molar-refractivity contribution in [1.29, 1.82) is 0 Å². The topological polar surface area (TPSA) is 35.6 Å². The summed E-state index contributed by atoms with van der Waals surface area (Å²) in [6.07, 6.45) is 2.19. The smallest absolute Gasteiger partial charge is 0.334 e. The molecule has 0 aromatic heterocycles. The fourth-order valence-corrected chi connectivity index (χ4v) is 2.35. The number of amides is 2. The van der Waals surface area contributed by atoms with Crippen molar-refractivity contribution in [3.05, 3.63) is 0 Å². The van der Waals surface area contributed by atoms with E-state index >= 15 is 0 Å². The fourth-order valence-electron chi connectivity index (χ4n) is 2.35. The second-order valence-corrected chi connectivity index (χ2v) is 5.34. The number of urea groups is 1. The van der Waals surface area contributed by atoms with E-state index in [-0.39, 0.29) is 31.2 Å². The molecule has 120 valence electrons. The highest BCUT2D eigenvalue weighted by atomic mass is 19.4. The lowest BCUT2D eigenvalue weighted by Gasteiger charge is -2.40. The first-order chi connectivity index (χ1) is 9.76. The zero-order valence-corrected chi connectivity index (χ0v) is 12.4. The van der Waals surface area contributed by atoms with Crippen LogP contribution in [0.4, 0.5) is 18.0 Å². The number of carbonyl (C=O) groups excluding carboxylic acids is 1. The van der Waals surface area contributed by atoms with Gasteiger partial charge in [-0.2, -0.15) is 13.2 Å². The molecule has 0 unspecified atom stereocenters. The van der Waals surface area contributed by atoms with Crippen molar-refractivity contribution in [1.82, 2.24) is 15.1 Å². The molecule has 1 N–H and O–H groups in total. The van der Waals surface area contributed by atoms with Crippen molar-refractivity contribution in [3.8, 4) is 12.3 Å². The highest BCUT2D eigenvalue weighted by molar-refractivity contribution is 5.74. The third kappa shape index (κ3) is 5.84. The second-order valence-electron chi connectivity index (χ2n) is 5.34. The molecule has 0 spiro atoms. The number of carbonyl (C=O) groups is 1. The van der Waals surface area contributed by atoms with Gasteiger partial charge in [-0.05, 0) is 13.3 Å². The van der Waals surface area contributed by atoms with E-state index in [1.165, 1.54) is 4.90 Å². The molecule has 2 atom stereocenters.